The van der Waals surface area contributed by atoms with Crippen LogP contribution in [0.3, 0.4) is 0 Å². The van der Waals surface area contributed by atoms with Crippen LogP contribution >= 0.6 is 34.7 Å². The third kappa shape index (κ3) is 20.7. The Morgan fingerprint density at radius 2 is 1.43 bits per heavy atom. The summed E-state index contributed by atoms with van der Waals surface area (Å²) < 4.78 is 105. The molecular formula is C78H99ClF3N11O9S4. The number of thiazole rings is 1. The first kappa shape index (κ1) is 80.1. The molecule has 106 heavy (non-hydrogen) atoms. The summed E-state index contributed by atoms with van der Waals surface area (Å²) in [5, 5.41) is 9.94. The number of hydrogen-bond donors (Lipinski definition) is 4. The van der Waals surface area contributed by atoms with Crippen molar-refractivity contribution in [2.24, 2.45) is 10.8 Å². The van der Waals surface area contributed by atoms with Crippen molar-refractivity contribution in [1.29, 1.82) is 0 Å². The van der Waals surface area contributed by atoms with Crippen molar-refractivity contribution in [1.82, 2.24) is 44.8 Å². The van der Waals surface area contributed by atoms with Gasteiger partial charge in [0.25, 0.3) is 25.8 Å². The highest BCUT2D eigenvalue weighted by Gasteiger charge is 2.49. The van der Waals surface area contributed by atoms with Gasteiger partial charge in [0, 0.05) is 131 Å². The maximum absolute atomic E-state index is 14.4. The molecule has 20 nitrogen and oxygen atoms in total. The Morgan fingerprint density at radius 1 is 0.774 bits per heavy atom. The van der Waals surface area contributed by atoms with E-state index < -0.39 is 70.3 Å². The number of carbonyl (C=O) groups is 4. The fourth-order valence-electron chi connectivity index (χ4n) is 14.9. The normalized spacial score (nSPS) is 20.1. The molecular weight excluding hydrogens is 1460 g/mol. The second kappa shape index (κ2) is 35.2. The number of morpholine rings is 1. The van der Waals surface area contributed by atoms with Gasteiger partial charge in [0.2, 0.25) is 17.7 Å². The number of alkyl halides is 3. The van der Waals surface area contributed by atoms with Crippen LogP contribution in [0.5, 0.6) is 0 Å². The summed E-state index contributed by atoms with van der Waals surface area (Å²) in [5.74, 6) is -1.31. The molecule has 28 heteroatoms. The minimum atomic E-state index is -6.10. The van der Waals surface area contributed by atoms with Gasteiger partial charge >= 0.3 is 5.51 Å². The number of likely N-dealkylation sites (tertiary alicyclic amines) is 1. The Kier molecular flexibility index (Phi) is 26.6. The average molecular weight is 1560 g/mol. The minimum absolute atomic E-state index is 0.0164. The number of aryl methyl sites for hydroxylation is 1. The van der Waals surface area contributed by atoms with Crippen LogP contribution in [-0.4, -0.2) is 211 Å². The molecule has 5 aromatic carbocycles. The largest absolute Gasteiger partial charge is 0.501 e. The van der Waals surface area contributed by atoms with Gasteiger partial charge in [-0.2, -0.15) is 13.2 Å². The molecule has 5 heterocycles. The molecule has 4 amide bonds. The first-order valence-corrected chi connectivity index (χ1v) is 41.9. The van der Waals surface area contributed by atoms with E-state index in [1.165, 1.54) is 40.6 Å². The summed E-state index contributed by atoms with van der Waals surface area (Å²) in [6.07, 6.45) is 5.47. The lowest BCUT2D eigenvalue weighted by atomic mass is 9.71. The van der Waals surface area contributed by atoms with Gasteiger partial charge in [0.1, 0.15) is 17.0 Å². The summed E-state index contributed by atoms with van der Waals surface area (Å²) in [7, 11) is -11.0. The quantitative estimate of drug-likeness (QED) is 0.0335. The van der Waals surface area contributed by atoms with Gasteiger partial charge in [-0.25, -0.2) is 26.5 Å². The van der Waals surface area contributed by atoms with E-state index in [0.717, 1.165) is 123 Å². The number of amides is 4. The Labute approximate surface area is 635 Å². The molecule has 4 fully saturated rings. The number of piperazine rings is 2. The van der Waals surface area contributed by atoms with E-state index in [9.17, 15) is 49.2 Å². The summed E-state index contributed by atoms with van der Waals surface area (Å²) in [5.41, 5.74) is 2.79. The topological polar surface area (TPSA) is 226 Å². The molecule has 4 aliphatic heterocycles. The first-order valence-electron chi connectivity index (χ1n) is 36.7. The molecule has 4 N–H and O–H groups in total. The lowest BCUT2D eigenvalue weighted by Crippen LogP contribution is -2.57. The molecule has 5 aliphatic rings. The zero-order valence-electron chi connectivity index (χ0n) is 61.3. The van der Waals surface area contributed by atoms with Gasteiger partial charge in [0.05, 0.1) is 45.9 Å². The number of nitrogens with zero attached hydrogens (tertiary/aromatic N) is 7. The van der Waals surface area contributed by atoms with E-state index in [-0.39, 0.29) is 41.2 Å². The second-order valence-electron chi connectivity index (χ2n) is 30.0. The number of sulfonamides is 1. The molecule has 0 bridgehead atoms. The smallest absolute Gasteiger partial charge is 0.380 e. The number of anilines is 2. The van der Waals surface area contributed by atoms with Gasteiger partial charge in [-0.3, -0.25) is 29.0 Å². The van der Waals surface area contributed by atoms with Crippen LogP contribution in [0.4, 0.5) is 24.5 Å². The van der Waals surface area contributed by atoms with Gasteiger partial charge < -0.3 is 40.3 Å². The van der Waals surface area contributed by atoms with Crippen LogP contribution in [-0.2, 0) is 39.0 Å². The average Bonchev–Trinajstić information content (AvgIpc) is 0.914. The van der Waals surface area contributed by atoms with Crippen molar-refractivity contribution in [3.8, 4) is 10.4 Å². The van der Waals surface area contributed by atoms with Crippen LogP contribution in [0.2, 0.25) is 5.02 Å². The number of rotatable bonds is 28. The molecule has 0 radical (unpaired) electrons. The molecule has 572 valence electrons. The lowest BCUT2D eigenvalue weighted by Gasteiger charge is -2.44. The van der Waals surface area contributed by atoms with E-state index in [1.54, 1.807) is 28.4 Å². The number of nitrogens with one attached hydrogen (secondary N) is 4. The number of sulfone groups is 1. The van der Waals surface area contributed by atoms with Gasteiger partial charge in [-0.15, -0.1) is 23.1 Å². The van der Waals surface area contributed by atoms with Crippen molar-refractivity contribution in [2.75, 3.05) is 127 Å². The molecule has 0 saturated carbocycles. The Hall–Kier alpha value is -6.92. The van der Waals surface area contributed by atoms with E-state index >= 15 is 0 Å². The van der Waals surface area contributed by atoms with Crippen molar-refractivity contribution in [2.45, 2.75) is 137 Å². The number of halogens is 4. The molecule has 4 saturated heterocycles. The Bertz CT molecular complexity index is 4280. The highest BCUT2D eigenvalue weighted by molar-refractivity contribution is 7.99. The molecule has 1 unspecified atom stereocenters. The van der Waals surface area contributed by atoms with E-state index in [4.69, 9.17) is 16.3 Å². The van der Waals surface area contributed by atoms with Gasteiger partial charge in [-0.05, 0) is 165 Å². The van der Waals surface area contributed by atoms with Crippen molar-refractivity contribution in [3.63, 3.8) is 0 Å². The zero-order chi connectivity index (χ0) is 75.6. The third-order valence-corrected chi connectivity index (χ3v) is 26.3. The summed E-state index contributed by atoms with van der Waals surface area (Å²) in [6.45, 7) is 24.5. The number of thioether (sulfide) groups is 1. The summed E-state index contributed by atoms with van der Waals surface area (Å²) in [6, 6.07) is 32.2. The minimum Gasteiger partial charge on any atom is -0.380 e. The van der Waals surface area contributed by atoms with E-state index in [2.05, 4.69) is 64.5 Å². The van der Waals surface area contributed by atoms with Crippen LogP contribution < -0.4 is 25.6 Å². The molecule has 0 spiro atoms. The second-order valence-corrected chi connectivity index (χ2v) is 36.0. The molecule has 6 aromatic rings. The van der Waals surface area contributed by atoms with E-state index in [1.807, 2.05) is 112 Å². The number of hydrogen-bond acceptors (Lipinski definition) is 18. The fourth-order valence-corrected chi connectivity index (χ4v) is 18.9. The maximum atomic E-state index is 14.4. The first-order chi connectivity index (χ1) is 50.5. The molecule has 1 aliphatic carbocycles. The maximum Gasteiger partial charge on any atom is 0.501 e. The predicted molar refractivity (Wildman–Crippen MR) is 413 cm³/mol. The molecule has 11 rings (SSSR count). The van der Waals surface area contributed by atoms with Crippen molar-refractivity contribution < 1.29 is 53.9 Å². The summed E-state index contributed by atoms with van der Waals surface area (Å²) in [4.78, 5) is 73.4. The monoisotopic (exact) mass is 1550 g/mol. The Morgan fingerprint density at radius 3 is 2.09 bits per heavy atom. The lowest BCUT2D eigenvalue weighted by molar-refractivity contribution is -0.144. The zero-order valence-corrected chi connectivity index (χ0v) is 65.3. The number of ether oxygens (including phenoxy) is 1. The fraction of sp³-hybridized carbons (Fsp3) is 0.500. The predicted octanol–water partition coefficient (Wildman–Crippen LogP) is 12.0. The molecule has 5 atom stereocenters. The van der Waals surface area contributed by atoms with Crippen LogP contribution in [0.1, 0.15) is 119 Å². The van der Waals surface area contributed by atoms with Crippen LogP contribution in [0.15, 0.2) is 147 Å². The van der Waals surface area contributed by atoms with E-state index in [0.29, 0.717) is 95.0 Å². The number of carbonyl (C=O) groups excluding carboxylic acids is 4. The van der Waals surface area contributed by atoms with Crippen LogP contribution in [0, 0.1) is 17.8 Å². The van der Waals surface area contributed by atoms with Crippen molar-refractivity contribution in [3.05, 3.63) is 160 Å². The van der Waals surface area contributed by atoms with Crippen LogP contribution in [0.25, 0.3) is 16.0 Å². The number of aromatic nitrogens is 1. The van der Waals surface area contributed by atoms with Crippen molar-refractivity contribution >= 4 is 95.1 Å². The highest BCUT2D eigenvalue weighted by Crippen LogP contribution is 2.45. The summed E-state index contributed by atoms with van der Waals surface area (Å²) >= 11 is 9.45. The Balaban J connectivity index is 0.647. The SMILES string of the molecule is Cc1ncsc1-c1ccc([C@H](C)NC(=O)[C@@H]2CCCN2C(=O)[C@@H](NC(=O)CCCN2CCN(CC3(C)CCC(c4ccc(Cl)cc4)=C(CN4CCN(c5ccc(C(=O)NS(=O)(=O)c6ccc(N[C@H](CCN7CCOCC7)CSc7ccccc7)c(S(=O)(=O)C(F)(F)F)c6)cc5)CC4)C3)CC2)C(C)(C)C)cc1. The molecule has 1 aromatic heterocycles. The standard InChI is InChI=1S/C78H99ClF3N11O9S4/c1-54(56-16-18-58(19-17-56)71-55(2)83-53-104-71)84-74(96)68-14-10-34-93(68)75(97)72(76(3,4)5)86-70(94)15-11-33-88-36-38-91(39-37-88)52-77(6)32-30-66(57-20-24-61(79)25-21-57)60(49-77)50-90-40-42-92(43-41-90)63-26-22-59(23-27-63)73(95)87-106(100,101)65-28-29-67(69(48-65)105(98,99)78(80,81)82)85-62(31-35-89-44-46-102-47-45-89)51-103-64-12-8-7-9-13-64/h7-9,12-13,16-29,48,53-54,62,68,72,85H,10-11,14-15,30-47,49-52H2,1-6H3,(H,84,96)(H,86,94)(H,87,95)/t54-,62+,68-,72+,77?/m0/s1. The third-order valence-electron chi connectivity index (χ3n) is 21.0. The van der Waals surface area contributed by atoms with Gasteiger partial charge in [-0.1, -0.05) is 99.5 Å². The number of allylic oxidation sites excluding steroid dienone is 1. The number of benzene rings is 5. The highest BCUT2D eigenvalue weighted by atomic mass is 35.5. The van der Waals surface area contributed by atoms with Gasteiger partial charge in [0.15, 0.2) is 0 Å².